The summed E-state index contributed by atoms with van der Waals surface area (Å²) in [6.45, 7) is 0.767. The topological polar surface area (TPSA) is 69.6 Å². The van der Waals surface area contributed by atoms with Crippen molar-refractivity contribution in [1.29, 1.82) is 0 Å². The van der Waals surface area contributed by atoms with Crippen molar-refractivity contribution in [2.24, 2.45) is 5.92 Å². The molecule has 2 saturated carbocycles. The first kappa shape index (κ1) is 20.1. The van der Waals surface area contributed by atoms with Crippen molar-refractivity contribution in [1.82, 2.24) is 10.2 Å². The van der Waals surface area contributed by atoms with Crippen molar-refractivity contribution >= 4 is 11.8 Å². The number of amides is 2. The summed E-state index contributed by atoms with van der Waals surface area (Å²) in [5.41, 5.74) is -5.00. The Labute approximate surface area is 162 Å². The number of nitrogens with zero attached hydrogens (tertiary/aromatic N) is 1. The molecule has 4 rings (SSSR count). The van der Waals surface area contributed by atoms with Gasteiger partial charge in [-0.3, -0.25) is 9.59 Å². The molecule has 1 aromatic carbocycles. The molecule has 1 heterocycles. The van der Waals surface area contributed by atoms with E-state index in [1.807, 2.05) is 6.92 Å². The van der Waals surface area contributed by atoms with Crippen molar-refractivity contribution in [3.63, 3.8) is 0 Å². The van der Waals surface area contributed by atoms with Crippen LogP contribution in [0.25, 0.3) is 0 Å². The lowest BCUT2D eigenvalue weighted by Gasteiger charge is -2.43. The van der Waals surface area contributed by atoms with Gasteiger partial charge in [0.1, 0.15) is 5.72 Å². The molecule has 158 valence electrons. The van der Waals surface area contributed by atoms with E-state index in [1.54, 1.807) is 0 Å². The number of rotatable bonds is 3. The number of hydrogen-bond acceptors (Lipinski definition) is 3. The average molecular weight is 418 g/mol. The minimum absolute atomic E-state index is 0.222. The lowest BCUT2D eigenvalue weighted by atomic mass is 9.78. The van der Waals surface area contributed by atoms with Crippen molar-refractivity contribution in [2.75, 3.05) is 13.1 Å². The summed E-state index contributed by atoms with van der Waals surface area (Å²) < 4.78 is 67.6. The Kier molecular flexibility index (Phi) is 4.08. The van der Waals surface area contributed by atoms with Crippen LogP contribution in [0.4, 0.5) is 22.0 Å². The highest BCUT2D eigenvalue weighted by Crippen LogP contribution is 2.64. The zero-order valence-corrected chi connectivity index (χ0v) is 15.4. The molecule has 2 aliphatic carbocycles. The molecule has 2 amide bonds. The monoisotopic (exact) mass is 418 g/mol. The maximum absolute atomic E-state index is 14.2. The fourth-order valence-electron chi connectivity index (χ4n) is 4.55. The highest BCUT2D eigenvalue weighted by atomic mass is 19.4. The van der Waals surface area contributed by atoms with Gasteiger partial charge in [0.05, 0.1) is 17.5 Å². The van der Waals surface area contributed by atoms with E-state index in [0.717, 1.165) is 11.0 Å². The number of halogens is 5. The first-order chi connectivity index (χ1) is 13.3. The molecule has 3 aliphatic rings. The maximum Gasteiger partial charge on any atom is 0.416 e. The van der Waals surface area contributed by atoms with Crippen molar-refractivity contribution in [3.8, 4) is 0 Å². The smallest absolute Gasteiger partial charge is 0.371 e. The van der Waals surface area contributed by atoms with E-state index in [2.05, 4.69) is 5.32 Å². The highest BCUT2D eigenvalue weighted by molar-refractivity contribution is 6.00. The van der Waals surface area contributed by atoms with Crippen LogP contribution in [0.5, 0.6) is 0 Å². The summed E-state index contributed by atoms with van der Waals surface area (Å²) in [4.78, 5) is 25.9. The third kappa shape index (κ3) is 3.17. The van der Waals surface area contributed by atoms with Crippen LogP contribution in [-0.4, -0.2) is 46.6 Å². The molecule has 0 aromatic heterocycles. The molecule has 0 radical (unpaired) electrons. The van der Waals surface area contributed by atoms with E-state index >= 15 is 0 Å². The predicted octanol–water partition coefficient (Wildman–Crippen LogP) is 2.67. The second-order valence-corrected chi connectivity index (χ2v) is 8.48. The van der Waals surface area contributed by atoms with Crippen LogP contribution in [0.1, 0.15) is 47.7 Å². The predicted molar refractivity (Wildman–Crippen MR) is 90.1 cm³/mol. The number of fused-ring (bicyclic) bond motifs is 2. The zero-order valence-electron chi connectivity index (χ0n) is 15.4. The summed E-state index contributed by atoms with van der Waals surface area (Å²) in [6.07, 6.45) is -4.73. The van der Waals surface area contributed by atoms with Crippen LogP contribution in [-0.2, 0) is 16.4 Å². The number of carbonyl (C=O) groups excluding carboxylic acids is 2. The van der Waals surface area contributed by atoms with E-state index in [1.165, 1.54) is 0 Å². The van der Waals surface area contributed by atoms with Crippen molar-refractivity contribution < 1.29 is 36.6 Å². The molecule has 0 bridgehead atoms. The van der Waals surface area contributed by atoms with E-state index < -0.39 is 60.1 Å². The normalized spacial score (nSPS) is 32.6. The first-order valence-electron chi connectivity index (χ1n) is 9.19. The Morgan fingerprint density at radius 1 is 1.31 bits per heavy atom. The number of alkyl halides is 5. The first-order valence-corrected chi connectivity index (χ1v) is 9.19. The molecule has 2 fully saturated rings. The van der Waals surface area contributed by atoms with E-state index in [9.17, 15) is 36.6 Å². The van der Waals surface area contributed by atoms with Crippen molar-refractivity contribution in [3.05, 3.63) is 34.9 Å². The average Bonchev–Trinajstić information content (AvgIpc) is 3.11. The zero-order chi connectivity index (χ0) is 21.4. The van der Waals surface area contributed by atoms with Gasteiger partial charge in [-0.2, -0.15) is 13.2 Å². The summed E-state index contributed by atoms with van der Waals surface area (Å²) in [5, 5.41) is 12.5. The molecule has 1 aromatic rings. The second kappa shape index (κ2) is 5.90. The summed E-state index contributed by atoms with van der Waals surface area (Å²) in [6, 6.07) is 2.18. The fourth-order valence-corrected chi connectivity index (χ4v) is 4.55. The van der Waals surface area contributed by atoms with Gasteiger partial charge in [-0.25, -0.2) is 8.78 Å². The molecule has 1 atom stereocenters. The molecular formula is C19H19F5N2O3. The Morgan fingerprint density at radius 2 is 1.93 bits per heavy atom. The Bertz CT molecular complexity index is 894. The lowest BCUT2D eigenvalue weighted by molar-refractivity contribution is -0.142. The largest absolute Gasteiger partial charge is 0.416 e. The van der Waals surface area contributed by atoms with Crippen LogP contribution in [0.3, 0.4) is 0 Å². The third-order valence-corrected chi connectivity index (χ3v) is 6.02. The van der Waals surface area contributed by atoms with Crippen LogP contribution in [0.15, 0.2) is 18.2 Å². The van der Waals surface area contributed by atoms with Gasteiger partial charge in [-0.15, -0.1) is 0 Å². The molecule has 29 heavy (non-hydrogen) atoms. The molecule has 0 saturated heterocycles. The molecule has 5 nitrogen and oxygen atoms in total. The Balaban J connectivity index is 1.60. The van der Waals surface area contributed by atoms with Gasteiger partial charge in [0.15, 0.2) is 0 Å². The van der Waals surface area contributed by atoms with Gasteiger partial charge in [-0.05, 0) is 42.5 Å². The lowest BCUT2D eigenvalue weighted by Crippen LogP contribution is -2.59. The second-order valence-electron chi connectivity index (χ2n) is 8.48. The molecule has 2 N–H and O–H groups in total. The number of hydrogen-bond donors (Lipinski definition) is 2. The van der Waals surface area contributed by atoms with Gasteiger partial charge >= 0.3 is 6.18 Å². The van der Waals surface area contributed by atoms with E-state index in [-0.39, 0.29) is 17.0 Å². The quantitative estimate of drug-likeness (QED) is 0.586. The molecular weight excluding hydrogens is 399 g/mol. The van der Waals surface area contributed by atoms with E-state index in [4.69, 9.17) is 0 Å². The summed E-state index contributed by atoms with van der Waals surface area (Å²) in [5.74, 6) is -4.54. The van der Waals surface area contributed by atoms with Gasteiger partial charge in [-0.1, -0.05) is 6.92 Å². The van der Waals surface area contributed by atoms with Crippen LogP contribution < -0.4 is 5.32 Å². The van der Waals surface area contributed by atoms with Crippen LogP contribution in [0, 0.1) is 5.92 Å². The minimum atomic E-state index is -4.73. The number of nitrogens with one attached hydrogen (secondary N) is 1. The molecule has 1 aliphatic heterocycles. The summed E-state index contributed by atoms with van der Waals surface area (Å²) in [7, 11) is 0. The van der Waals surface area contributed by atoms with Gasteiger partial charge < -0.3 is 15.3 Å². The summed E-state index contributed by atoms with van der Waals surface area (Å²) >= 11 is 0. The standard InChI is InChI=1S/C19H19F5N2O3/c1-10-5-17(29,6-10)25-14(27)7-26-9-16(8-18(16,20)21)13-4-11(19(22,23)24)2-3-12(13)15(26)28/h2-4,10,29H,5-9H2,1H3,(H,25,27). The Morgan fingerprint density at radius 3 is 2.45 bits per heavy atom. The van der Waals surface area contributed by atoms with Gasteiger partial charge in [0, 0.05) is 18.5 Å². The van der Waals surface area contributed by atoms with Crippen LogP contribution in [0.2, 0.25) is 0 Å². The molecule has 1 unspecified atom stereocenters. The van der Waals surface area contributed by atoms with Gasteiger partial charge in [0.25, 0.3) is 11.8 Å². The Hall–Kier alpha value is -2.23. The highest BCUT2D eigenvalue weighted by Gasteiger charge is 2.74. The maximum atomic E-state index is 14.2. The van der Waals surface area contributed by atoms with Crippen LogP contribution >= 0.6 is 0 Å². The van der Waals surface area contributed by atoms with Gasteiger partial charge in [0.2, 0.25) is 5.91 Å². The molecule has 1 spiro atoms. The minimum Gasteiger partial charge on any atom is -0.371 e. The number of aliphatic hydroxyl groups is 1. The molecule has 10 heteroatoms. The fraction of sp³-hybridized carbons (Fsp3) is 0.579. The number of benzene rings is 1. The SMILES string of the molecule is CC1CC(O)(NC(=O)CN2CC3(CC3(F)F)c3cc(C(F)(F)F)ccc3C2=O)C1. The number of carbonyl (C=O) groups is 2. The van der Waals surface area contributed by atoms with Crippen molar-refractivity contribution in [2.45, 2.75) is 49.4 Å². The third-order valence-electron chi connectivity index (χ3n) is 6.02. The van der Waals surface area contributed by atoms with E-state index in [0.29, 0.717) is 25.0 Å².